The van der Waals surface area contributed by atoms with Crippen molar-refractivity contribution in [2.24, 2.45) is 11.8 Å². The number of piperidine rings is 1. The van der Waals surface area contributed by atoms with Gasteiger partial charge in [0.15, 0.2) is 0 Å². The quantitative estimate of drug-likeness (QED) is 0.791. The van der Waals surface area contributed by atoms with Gasteiger partial charge in [-0.3, -0.25) is 5.43 Å². The molecule has 0 radical (unpaired) electrons. The maximum absolute atomic E-state index is 3.87. The van der Waals surface area contributed by atoms with Crippen molar-refractivity contribution in [2.45, 2.75) is 84.3 Å². The molecule has 0 amide bonds. The van der Waals surface area contributed by atoms with Crippen LogP contribution in [0.4, 0.5) is 0 Å². The lowest BCUT2D eigenvalue weighted by Gasteiger charge is -2.44. The van der Waals surface area contributed by atoms with Crippen LogP contribution in [-0.4, -0.2) is 23.1 Å². The van der Waals surface area contributed by atoms with Crippen molar-refractivity contribution in [3.05, 3.63) is 0 Å². The summed E-state index contributed by atoms with van der Waals surface area (Å²) in [7, 11) is 0. The minimum Gasteiger partial charge on any atom is -0.251 e. The summed E-state index contributed by atoms with van der Waals surface area (Å²) in [6.45, 7) is 9.58. The number of hydrogen-bond acceptors (Lipinski definition) is 2. The van der Waals surface area contributed by atoms with Gasteiger partial charge >= 0.3 is 0 Å². The SMILES string of the molecule is CC1CCC(C)C(NN2C(C)CCCC2C)C1. The Bertz CT molecular complexity index is 231. The van der Waals surface area contributed by atoms with Crippen molar-refractivity contribution in [1.29, 1.82) is 0 Å². The summed E-state index contributed by atoms with van der Waals surface area (Å²) >= 11 is 0. The molecular formula is C15H30N2. The van der Waals surface area contributed by atoms with E-state index in [9.17, 15) is 0 Å². The first-order valence-corrected chi connectivity index (χ1v) is 7.62. The molecule has 2 aliphatic rings. The highest BCUT2D eigenvalue weighted by Crippen LogP contribution is 2.30. The van der Waals surface area contributed by atoms with Crippen molar-refractivity contribution >= 4 is 0 Å². The fourth-order valence-corrected chi connectivity index (χ4v) is 3.58. The smallest absolute Gasteiger partial charge is 0.0243 e. The molecule has 1 aliphatic carbocycles. The molecule has 0 spiro atoms. The summed E-state index contributed by atoms with van der Waals surface area (Å²) < 4.78 is 0. The molecule has 1 saturated heterocycles. The van der Waals surface area contributed by atoms with Crippen LogP contribution in [0, 0.1) is 11.8 Å². The van der Waals surface area contributed by atoms with Gasteiger partial charge in [-0.05, 0) is 51.4 Å². The molecule has 1 aliphatic heterocycles. The van der Waals surface area contributed by atoms with E-state index >= 15 is 0 Å². The highest BCUT2D eigenvalue weighted by Gasteiger charge is 2.31. The molecule has 2 rings (SSSR count). The van der Waals surface area contributed by atoms with Crippen molar-refractivity contribution in [1.82, 2.24) is 10.4 Å². The second kappa shape index (κ2) is 5.71. The third-order valence-electron chi connectivity index (χ3n) is 4.97. The molecule has 17 heavy (non-hydrogen) atoms. The summed E-state index contributed by atoms with van der Waals surface area (Å²) in [6, 6.07) is 2.13. The molecule has 5 unspecified atom stereocenters. The van der Waals surface area contributed by atoms with E-state index in [-0.39, 0.29) is 0 Å². The average Bonchev–Trinajstić information content (AvgIpc) is 2.28. The summed E-state index contributed by atoms with van der Waals surface area (Å²) in [5, 5.41) is 2.56. The lowest BCUT2D eigenvalue weighted by Crippen LogP contribution is -2.57. The minimum absolute atomic E-state index is 0.710. The Hall–Kier alpha value is -0.0800. The summed E-state index contributed by atoms with van der Waals surface area (Å²) in [4.78, 5) is 0. The fourth-order valence-electron chi connectivity index (χ4n) is 3.58. The summed E-state index contributed by atoms with van der Waals surface area (Å²) in [5.74, 6) is 1.74. The average molecular weight is 238 g/mol. The van der Waals surface area contributed by atoms with Gasteiger partial charge in [-0.2, -0.15) is 0 Å². The Morgan fingerprint density at radius 2 is 1.53 bits per heavy atom. The Morgan fingerprint density at radius 3 is 2.18 bits per heavy atom. The van der Waals surface area contributed by atoms with Gasteiger partial charge in [0.25, 0.3) is 0 Å². The number of hydrogen-bond donors (Lipinski definition) is 1. The van der Waals surface area contributed by atoms with Crippen LogP contribution in [0.5, 0.6) is 0 Å². The lowest BCUT2D eigenvalue weighted by molar-refractivity contribution is 0.00734. The Balaban J connectivity index is 1.93. The maximum Gasteiger partial charge on any atom is 0.0243 e. The minimum atomic E-state index is 0.710. The molecular weight excluding hydrogens is 208 g/mol. The number of hydrazine groups is 1. The Morgan fingerprint density at radius 1 is 0.882 bits per heavy atom. The summed E-state index contributed by atoms with van der Waals surface area (Å²) in [6.07, 6.45) is 8.29. The van der Waals surface area contributed by atoms with Gasteiger partial charge in [-0.15, -0.1) is 0 Å². The van der Waals surface area contributed by atoms with E-state index in [1.165, 1.54) is 38.5 Å². The van der Waals surface area contributed by atoms with Gasteiger partial charge in [0.1, 0.15) is 0 Å². The first-order chi connectivity index (χ1) is 8.08. The Kier molecular flexibility index (Phi) is 4.48. The van der Waals surface area contributed by atoms with Crippen molar-refractivity contribution in [3.63, 3.8) is 0 Å². The fraction of sp³-hybridized carbons (Fsp3) is 1.00. The van der Waals surface area contributed by atoms with Crippen molar-refractivity contribution in [3.8, 4) is 0 Å². The standard InChI is InChI=1S/C15H30N2/c1-11-8-9-12(2)15(10-11)16-17-13(3)6-5-7-14(17)4/h11-16H,5-10H2,1-4H3. The van der Waals surface area contributed by atoms with E-state index in [0.717, 1.165) is 11.8 Å². The predicted octanol–water partition coefficient (Wildman–Crippen LogP) is 3.58. The van der Waals surface area contributed by atoms with E-state index in [1.54, 1.807) is 0 Å². The normalized spacial score (nSPS) is 44.8. The van der Waals surface area contributed by atoms with Gasteiger partial charge in [0.05, 0.1) is 0 Å². The zero-order valence-corrected chi connectivity index (χ0v) is 12.1. The largest absolute Gasteiger partial charge is 0.251 e. The number of rotatable bonds is 2. The zero-order chi connectivity index (χ0) is 12.4. The molecule has 2 heteroatoms. The molecule has 1 heterocycles. The second-order valence-electron chi connectivity index (χ2n) is 6.67. The molecule has 1 saturated carbocycles. The van der Waals surface area contributed by atoms with E-state index in [4.69, 9.17) is 0 Å². The molecule has 0 bridgehead atoms. The molecule has 2 fully saturated rings. The first-order valence-electron chi connectivity index (χ1n) is 7.62. The van der Waals surface area contributed by atoms with E-state index in [2.05, 4.69) is 38.1 Å². The van der Waals surface area contributed by atoms with Gasteiger partial charge in [0, 0.05) is 18.1 Å². The van der Waals surface area contributed by atoms with Crippen LogP contribution in [0.1, 0.15) is 66.2 Å². The number of nitrogens with zero attached hydrogens (tertiary/aromatic N) is 1. The van der Waals surface area contributed by atoms with Crippen LogP contribution in [0.3, 0.4) is 0 Å². The zero-order valence-electron chi connectivity index (χ0n) is 12.1. The van der Waals surface area contributed by atoms with Crippen LogP contribution < -0.4 is 5.43 Å². The Labute approximate surface area is 107 Å². The molecule has 0 aromatic carbocycles. The van der Waals surface area contributed by atoms with E-state index in [1.807, 2.05) is 0 Å². The molecule has 2 nitrogen and oxygen atoms in total. The highest BCUT2D eigenvalue weighted by atomic mass is 15.5. The van der Waals surface area contributed by atoms with Crippen molar-refractivity contribution < 1.29 is 0 Å². The predicted molar refractivity (Wildman–Crippen MR) is 73.7 cm³/mol. The third kappa shape index (κ3) is 3.23. The first kappa shape index (κ1) is 13.4. The molecule has 1 N–H and O–H groups in total. The van der Waals surface area contributed by atoms with Crippen LogP contribution in [0.15, 0.2) is 0 Å². The van der Waals surface area contributed by atoms with Crippen molar-refractivity contribution in [2.75, 3.05) is 0 Å². The molecule has 0 aromatic heterocycles. The monoisotopic (exact) mass is 238 g/mol. The van der Waals surface area contributed by atoms with Crippen LogP contribution >= 0.6 is 0 Å². The van der Waals surface area contributed by atoms with E-state index in [0.29, 0.717) is 18.1 Å². The van der Waals surface area contributed by atoms with Gasteiger partial charge in [0.2, 0.25) is 0 Å². The third-order valence-corrected chi connectivity index (χ3v) is 4.97. The van der Waals surface area contributed by atoms with E-state index < -0.39 is 0 Å². The van der Waals surface area contributed by atoms with Gasteiger partial charge < -0.3 is 0 Å². The van der Waals surface area contributed by atoms with Gasteiger partial charge in [-0.1, -0.05) is 26.7 Å². The summed E-state index contributed by atoms with van der Waals surface area (Å²) in [5.41, 5.74) is 3.87. The van der Waals surface area contributed by atoms with Crippen LogP contribution in [-0.2, 0) is 0 Å². The lowest BCUT2D eigenvalue weighted by atomic mass is 9.80. The maximum atomic E-state index is 3.87. The molecule has 5 atom stereocenters. The van der Waals surface area contributed by atoms with Gasteiger partial charge in [-0.25, -0.2) is 5.01 Å². The van der Waals surface area contributed by atoms with Crippen LogP contribution in [0.2, 0.25) is 0 Å². The second-order valence-corrected chi connectivity index (χ2v) is 6.67. The highest BCUT2D eigenvalue weighted by molar-refractivity contribution is 4.84. The topological polar surface area (TPSA) is 15.3 Å². The molecule has 0 aromatic rings. The van der Waals surface area contributed by atoms with Crippen LogP contribution in [0.25, 0.3) is 0 Å². The molecule has 100 valence electrons. The number of nitrogens with one attached hydrogen (secondary N) is 1.